The molecule has 5 nitrogen and oxygen atoms in total. The number of aryl methyl sites for hydroxylation is 1. The van der Waals surface area contributed by atoms with Crippen LogP contribution in [0.25, 0.3) is 0 Å². The van der Waals surface area contributed by atoms with E-state index in [-0.39, 0.29) is 6.61 Å². The zero-order chi connectivity index (χ0) is 21.6. The summed E-state index contributed by atoms with van der Waals surface area (Å²) in [6, 6.07) is 16.6. The summed E-state index contributed by atoms with van der Waals surface area (Å²) in [4.78, 5) is 13.3. The first-order valence-electron chi connectivity index (χ1n) is 9.62. The predicted molar refractivity (Wildman–Crippen MR) is 114 cm³/mol. The number of hydrogen-bond donors (Lipinski definition) is 1. The highest BCUT2D eigenvalue weighted by Crippen LogP contribution is 2.22. The van der Waals surface area contributed by atoms with Crippen molar-refractivity contribution >= 4 is 16.8 Å². The number of benzene rings is 2. The second-order valence-electron chi connectivity index (χ2n) is 8.06. The number of rotatable bonds is 8. The van der Waals surface area contributed by atoms with Gasteiger partial charge in [0.25, 0.3) is 0 Å². The van der Waals surface area contributed by atoms with E-state index in [1.807, 2.05) is 49.4 Å². The van der Waals surface area contributed by atoms with Gasteiger partial charge in [0.05, 0.1) is 23.5 Å². The van der Waals surface area contributed by atoms with Gasteiger partial charge < -0.3 is 14.6 Å². The van der Waals surface area contributed by atoms with Crippen LogP contribution in [0.5, 0.6) is 0 Å². The third-order valence-corrected chi connectivity index (χ3v) is 5.94. The highest BCUT2D eigenvalue weighted by Gasteiger charge is 2.40. The molecule has 2 aromatic carbocycles. The van der Waals surface area contributed by atoms with Gasteiger partial charge in [0.1, 0.15) is 11.7 Å². The maximum absolute atomic E-state index is 13.2. The number of hydrogen-bond acceptors (Lipinski definition) is 5. The molecule has 0 aliphatic carbocycles. The molecule has 2 rings (SSSR count). The molecule has 1 unspecified atom stereocenters. The third kappa shape index (κ3) is 7.07. The van der Waals surface area contributed by atoms with Crippen LogP contribution < -0.4 is 0 Å². The van der Waals surface area contributed by atoms with Gasteiger partial charge in [-0.15, -0.1) is 0 Å². The molecular weight excluding hydrogens is 388 g/mol. The van der Waals surface area contributed by atoms with Gasteiger partial charge in [0, 0.05) is 4.90 Å². The molecule has 0 fully saturated rings. The predicted octanol–water partition coefficient (Wildman–Crippen LogP) is 3.78. The fourth-order valence-corrected chi connectivity index (χ4v) is 4.07. The van der Waals surface area contributed by atoms with Gasteiger partial charge in [0.15, 0.2) is 5.25 Å². The number of aliphatic hydroxyl groups is 1. The Bertz CT molecular complexity index is 811. The third-order valence-electron chi connectivity index (χ3n) is 4.27. The molecule has 0 amide bonds. The van der Waals surface area contributed by atoms with Crippen LogP contribution >= 0.6 is 0 Å². The Morgan fingerprint density at radius 2 is 1.66 bits per heavy atom. The lowest BCUT2D eigenvalue weighted by atomic mass is 10.1. The minimum atomic E-state index is -1.80. The van der Waals surface area contributed by atoms with E-state index in [2.05, 4.69) is 0 Å². The van der Waals surface area contributed by atoms with Crippen LogP contribution in [0.15, 0.2) is 59.5 Å². The highest BCUT2D eigenvalue weighted by molar-refractivity contribution is 7.86. The summed E-state index contributed by atoms with van der Waals surface area (Å²) in [7, 11) is -1.80. The average Bonchev–Trinajstić information content (AvgIpc) is 2.66. The largest absolute Gasteiger partial charge is 0.459 e. The molecule has 0 aliphatic rings. The summed E-state index contributed by atoms with van der Waals surface area (Å²) in [6.07, 6.45) is -2.02. The van der Waals surface area contributed by atoms with Gasteiger partial charge in [-0.1, -0.05) is 48.0 Å². The van der Waals surface area contributed by atoms with Crippen LogP contribution in [0.1, 0.15) is 38.8 Å². The first kappa shape index (κ1) is 23.3. The molecule has 29 heavy (non-hydrogen) atoms. The van der Waals surface area contributed by atoms with Gasteiger partial charge >= 0.3 is 5.97 Å². The van der Waals surface area contributed by atoms with Crippen LogP contribution in [0, 0.1) is 6.92 Å². The van der Waals surface area contributed by atoms with E-state index >= 15 is 0 Å². The zero-order valence-electron chi connectivity index (χ0n) is 17.6. The van der Waals surface area contributed by atoms with Crippen molar-refractivity contribution in [2.45, 2.75) is 69.2 Å². The lowest BCUT2D eigenvalue weighted by molar-refractivity contribution is -0.158. The Labute approximate surface area is 175 Å². The topological polar surface area (TPSA) is 72.8 Å². The molecule has 158 valence electrons. The van der Waals surface area contributed by atoms with Crippen LogP contribution in [-0.4, -0.2) is 38.3 Å². The lowest BCUT2D eigenvalue weighted by Gasteiger charge is -2.29. The summed E-state index contributed by atoms with van der Waals surface area (Å²) in [5.41, 5.74) is 1.19. The summed E-state index contributed by atoms with van der Waals surface area (Å²) >= 11 is 0. The second kappa shape index (κ2) is 10.1. The van der Waals surface area contributed by atoms with E-state index in [0.29, 0.717) is 4.90 Å². The smallest absolute Gasteiger partial charge is 0.325 e. The highest BCUT2D eigenvalue weighted by atomic mass is 32.2. The van der Waals surface area contributed by atoms with Crippen LogP contribution in [0.2, 0.25) is 0 Å². The van der Waals surface area contributed by atoms with E-state index in [1.54, 1.807) is 39.8 Å². The SMILES string of the molecule is Cc1ccc(S(=O)[C@@H](C(=O)OC(C)(C)C)[C@H](O)[C@@H](C)OCc2ccccc2)cc1. The maximum atomic E-state index is 13.2. The standard InChI is InChI=1S/C23H30O5S/c1-16-11-13-19(14-12-16)29(26)21(22(25)28-23(3,4)5)20(24)17(2)27-15-18-9-7-6-8-10-18/h6-14,17,20-21,24H,15H2,1-5H3/t17-,20-,21-,29?/m1/s1. The Hall–Kier alpha value is -2.02. The molecular formula is C23H30O5S. The van der Waals surface area contributed by atoms with Crippen molar-refractivity contribution in [3.05, 3.63) is 65.7 Å². The molecule has 0 saturated heterocycles. The molecule has 2 aromatic rings. The Balaban J connectivity index is 2.21. The Morgan fingerprint density at radius 1 is 1.07 bits per heavy atom. The fourth-order valence-electron chi connectivity index (χ4n) is 2.68. The van der Waals surface area contributed by atoms with Gasteiger partial charge in [-0.3, -0.25) is 9.00 Å². The summed E-state index contributed by atoms with van der Waals surface area (Å²) in [5, 5.41) is 9.63. The molecule has 6 heteroatoms. The summed E-state index contributed by atoms with van der Waals surface area (Å²) in [6.45, 7) is 9.07. The fraction of sp³-hybridized carbons (Fsp3) is 0.435. The lowest BCUT2D eigenvalue weighted by Crippen LogP contribution is -2.47. The monoisotopic (exact) mass is 418 g/mol. The van der Waals surface area contributed by atoms with E-state index in [0.717, 1.165) is 11.1 Å². The van der Waals surface area contributed by atoms with Crippen molar-refractivity contribution in [3.8, 4) is 0 Å². The molecule has 0 aromatic heterocycles. The normalized spacial score (nSPS) is 15.9. The molecule has 0 bridgehead atoms. The first-order valence-corrected chi connectivity index (χ1v) is 10.8. The van der Waals surface area contributed by atoms with Crippen molar-refractivity contribution < 1.29 is 23.6 Å². The van der Waals surface area contributed by atoms with E-state index in [9.17, 15) is 14.1 Å². The van der Waals surface area contributed by atoms with Gasteiger partial charge in [0.2, 0.25) is 0 Å². The van der Waals surface area contributed by atoms with Gasteiger partial charge in [-0.25, -0.2) is 0 Å². The van der Waals surface area contributed by atoms with E-state index < -0.39 is 39.8 Å². The minimum Gasteiger partial charge on any atom is -0.459 e. The summed E-state index contributed by atoms with van der Waals surface area (Å²) in [5.74, 6) is -0.709. The van der Waals surface area contributed by atoms with Crippen molar-refractivity contribution in [2.75, 3.05) is 0 Å². The number of aliphatic hydroxyl groups excluding tert-OH is 1. The molecule has 0 radical (unpaired) electrons. The molecule has 1 N–H and O–H groups in total. The quantitative estimate of drug-likeness (QED) is 0.661. The minimum absolute atomic E-state index is 0.275. The van der Waals surface area contributed by atoms with E-state index in [4.69, 9.17) is 9.47 Å². The van der Waals surface area contributed by atoms with Crippen molar-refractivity contribution in [1.29, 1.82) is 0 Å². The van der Waals surface area contributed by atoms with Gasteiger partial charge in [-0.2, -0.15) is 0 Å². The molecule has 0 heterocycles. The molecule has 0 spiro atoms. The average molecular weight is 419 g/mol. The second-order valence-corrected chi connectivity index (χ2v) is 9.63. The number of carbonyl (C=O) groups is 1. The van der Waals surface area contributed by atoms with Crippen LogP contribution in [0.4, 0.5) is 0 Å². The molecule has 0 aliphatic heterocycles. The van der Waals surface area contributed by atoms with Crippen molar-refractivity contribution in [1.82, 2.24) is 0 Å². The molecule has 0 saturated carbocycles. The maximum Gasteiger partial charge on any atom is 0.325 e. The molecule has 4 atom stereocenters. The first-order chi connectivity index (χ1) is 13.6. The number of carbonyl (C=O) groups excluding carboxylic acids is 1. The zero-order valence-corrected chi connectivity index (χ0v) is 18.4. The summed E-state index contributed by atoms with van der Waals surface area (Å²) < 4.78 is 24.4. The van der Waals surface area contributed by atoms with Crippen molar-refractivity contribution in [3.63, 3.8) is 0 Å². The van der Waals surface area contributed by atoms with E-state index in [1.165, 1.54) is 0 Å². The van der Waals surface area contributed by atoms with Crippen molar-refractivity contribution in [2.24, 2.45) is 0 Å². The Kier molecular flexibility index (Phi) is 8.14. The Morgan fingerprint density at radius 3 is 2.21 bits per heavy atom. The number of esters is 1. The van der Waals surface area contributed by atoms with Crippen LogP contribution in [-0.2, 0) is 31.7 Å². The number of ether oxygens (including phenoxy) is 2. The van der Waals surface area contributed by atoms with Crippen LogP contribution in [0.3, 0.4) is 0 Å². The van der Waals surface area contributed by atoms with Gasteiger partial charge in [-0.05, 0) is 52.3 Å².